The molecule has 0 radical (unpaired) electrons. The van der Waals surface area contributed by atoms with Crippen LogP contribution in [0.25, 0.3) is 28.4 Å². The standard InChI is InChI=1S/C25H22N2O7/c1-3-25(32)17-10-19-21-14(11-27(19)23(30)16(17)12-34-24(25)31)9-15-18(26-21)7-5-13(22(15)29)6-8-20(28)33-4-2/h5-10,29,32H,3-4,11-12H2,1-2H3/b8-6+/t25-/m0/s1. The number of nitrogens with zero attached hydrogens (tertiary/aromatic N) is 2. The predicted octanol–water partition coefficient (Wildman–Crippen LogP) is 2.36. The predicted molar refractivity (Wildman–Crippen MR) is 122 cm³/mol. The van der Waals surface area contributed by atoms with Gasteiger partial charge in [-0.25, -0.2) is 14.6 Å². The van der Waals surface area contributed by atoms with Crippen molar-refractivity contribution in [2.75, 3.05) is 6.61 Å². The Morgan fingerprint density at radius 1 is 1.29 bits per heavy atom. The first-order valence-electron chi connectivity index (χ1n) is 11.0. The fourth-order valence-electron chi connectivity index (χ4n) is 4.54. The van der Waals surface area contributed by atoms with Crippen molar-refractivity contribution in [1.29, 1.82) is 0 Å². The van der Waals surface area contributed by atoms with Crippen LogP contribution in [0.3, 0.4) is 0 Å². The lowest BCUT2D eigenvalue weighted by Crippen LogP contribution is -2.44. The summed E-state index contributed by atoms with van der Waals surface area (Å²) in [6.45, 7) is 3.64. The molecule has 0 spiro atoms. The highest BCUT2D eigenvalue weighted by Gasteiger charge is 2.45. The zero-order chi connectivity index (χ0) is 24.2. The number of carbonyl (C=O) groups is 2. The Morgan fingerprint density at radius 2 is 2.09 bits per heavy atom. The molecule has 0 aliphatic carbocycles. The van der Waals surface area contributed by atoms with Crippen LogP contribution in [-0.2, 0) is 37.8 Å². The zero-order valence-corrected chi connectivity index (χ0v) is 18.6. The maximum Gasteiger partial charge on any atom is 0.343 e. The Hall–Kier alpha value is -3.98. The van der Waals surface area contributed by atoms with E-state index in [0.717, 1.165) is 0 Å². The van der Waals surface area contributed by atoms with Crippen molar-refractivity contribution < 1.29 is 29.3 Å². The lowest BCUT2D eigenvalue weighted by atomic mass is 9.86. The number of aromatic hydroxyl groups is 1. The average molecular weight is 462 g/mol. The second-order valence-electron chi connectivity index (χ2n) is 8.25. The topological polar surface area (TPSA) is 128 Å². The van der Waals surface area contributed by atoms with Crippen molar-refractivity contribution in [1.82, 2.24) is 9.55 Å². The van der Waals surface area contributed by atoms with Crippen LogP contribution >= 0.6 is 0 Å². The smallest absolute Gasteiger partial charge is 0.343 e. The summed E-state index contributed by atoms with van der Waals surface area (Å²) in [5.41, 5.74) is 0.922. The normalized spacial score (nSPS) is 18.5. The largest absolute Gasteiger partial charge is 0.507 e. The molecular weight excluding hydrogens is 440 g/mol. The molecule has 5 rings (SSSR count). The number of aromatic nitrogens is 2. The van der Waals surface area contributed by atoms with Crippen molar-refractivity contribution in [3.05, 3.63) is 62.9 Å². The van der Waals surface area contributed by atoms with E-state index in [-0.39, 0.29) is 48.6 Å². The summed E-state index contributed by atoms with van der Waals surface area (Å²) in [6.07, 6.45) is 2.77. The van der Waals surface area contributed by atoms with Gasteiger partial charge in [0.25, 0.3) is 5.56 Å². The van der Waals surface area contributed by atoms with E-state index in [0.29, 0.717) is 33.4 Å². The van der Waals surface area contributed by atoms with Gasteiger partial charge < -0.3 is 24.3 Å². The highest BCUT2D eigenvalue weighted by atomic mass is 16.6. The number of benzene rings is 1. The summed E-state index contributed by atoms with van der Waals surface area (Å²) >= 11 is 0. The number of carbonyl (C=O) groups excluding carboxylic acids is 2. The summed E-state index contributed by atoms with van der Waals surface area (Å²) in [4.78, 5) is 41.8. The molecule has 2 N–H and O–H groups in total. The zero-order valence-electron chi connectivity index (χ0n) is 18.6. The molecule has 9 nitrogen and oxygen atoms in total. The molecule has 0 amide bonds. The second-order valence-corrected chi connectivity index (χ2v) is 8.25. The minimum Gasteiger partial charge on any atom is -0.507 e. The lowest BCUT2D eigenvalue weighted by Gasteiger charge is -2.31. The Bertz CT molecular complexity index is 1470. The summed E-state index contributed by atoms with van der Waals surface area (Å²) in [6, 6.07) is 6.74. The van der Waals surface area contributed by atoms with Gasteiger partial charge in [0.1, 0.15) is 12.4 Å². The molecule has 1 aromatic carbocycles. The number of rotatable bonds is 4. The number of aliphatic hydroxyl groups is 1. The van der Waals surface area contributed by atoms with Crippen LogP contribution in [-0.4, -0.2) is 38.3 Å². The Kier molecular flexibility index (Phi) is 5.02. The van der Waals surface area contributed by atoms with Crippen LogP contribution < -0.4 is 5.56 Å². The van der Waals surface area contributed by atoms with E-state index in [1.165, 1.54) is 16.7 Å². The fraction of sp³-hybridized carbons (Fsp3) is 0.280. The first kappa shape index (κ1) is 21.8. The Labute approximate surface area is 193 Å². The minimum absolute atomic E-state index is 0.0460. The van der Waals surface area contributed by atoms with Crippen LogP contribution in [0, 0.1) is 0 Å². The molecule has 0 unspecified atom stereocenters. The Balaban J connectivity index is 1.64. The minimum atomic E-state index is -1.89. The Morgan fingerprint density at radius 3 is 2.82 bits per heavy atom. The molecule has 4 heterocycles. The molecule has 3 aromatic rings. The maximum atomic E-state index is 13.2. The molecular formula is C25H22N2O7. The number of ether oxygens (including phenoxy) is 2. The first-order chi connectivity index (χ1) is 16.3. The first-order valence-corrected chi connectivity index (χ1v) is 11.0. The monoisotopic (exact) mass is 462 g/mol. The molecule has 2 aliphatic heterocycles. The summed E-state index contributed by atoms with van der Waals surface area (Å²) in [5.74, 6) is -1.33. The summed E-state index contributed by atoms with van der Waals surface area (Å²) in [5, 5.41) is 22.2. The third-order valence-corrected chi connectivity index (χ3v) is 6.38. The van der Waals surface area contributed by atoms with Gasteiger partial charge in [0.05, 0.1) is 35.6 Å². The molecule has 0 fully saturated rings. The van der Waals surface area contributed by atoms with E-state index in [1.807, 2.05) is 0 Å². The maximum absolute atomic E-state index is 13.2. The third-order valence-electron chi connectivity index (χ3n) is 6.38. The van der Waals surface area contributed by atoms with Crippen molar-refractivity contribution >= 4 is 28.9 Å². The number of hydrogen-bond donors (Lipinski definition) is 2. The van der Waals surface area contributed by atoms with Gasteiger partial charge in [0.15, 0.2) is 5.60 Å². The van der Waals surface area contributed by atoms with Crippen molar-refractivity contribution in [3.63, 3.8) is 0 Å². The van der Waals surface area contributed by atoms with E-state index < -0.39 is 17.5 Å². The summed E-state index contributed by atoms with van der Waals surface area (Å²) in [7, 11) is 0. The van der Waals surface area contributed by atoms with Crippen molar-refractivity contribution in [2.45, 2.75) is 39.0 Å². The van der Waals surface area contributed by atoms with E-state index in [1.54, 1.807) is 38.1 Å². The van der Waals surface area contributed by atoms with Gasteiger partial charge in [0, 0.05) is 28.2 Å². The van der Waals surface area contributed by atoms with Gasteiger partial charge in [-0.1, -0.05) is 6.92 Å². The number of phenols is 1. The number of esters is 2. The van der Waals surface area contributed by atoms with E-state index >= 15 is 0 Å². The van der Waals surface area contributed by atoms with Gasteiger partial charge in [0.2, 0.25) is 0 Å². The molecule has 1 atom stereocenters. The molecule has 0 bridgehead atoms. The van der Waals surface area contributed by atoms with Gasteiger partial charge in [-0.2, -0.15) is 0 Å². The molecule has 9 heteroatoms. The van der Waals surface area contributed by atoms with Crippen LogP contribution in [0.5, 0.6) is 5.75 Å². The number of pyridine rings is 2. The van der Waals surface area contributed by atoms with Crippen LogP contribution in [0.4, 0.5) is 0 Å². The fourth-order valence-corrected chi connectivity index (χ4v) is 4.54. The molecule has 2 aliphatic rings. The van der Waals surface area contributed by atoms with E-state index in [2.05, 4.69) is 4.98 Å². The number of hydrogen-bond acceptors (Lipinski definition) is 8. The number of cyclic esters (lactones) is 1. The molecule has 174 valence electrons. The number of phenolic OH excluding ortho intramolecular Hbond substituents is 1. The van der Waals surface area contributed by atoms with Gasteiger partial charge in [-0.05, 0) is 43.7 Å². The summed E-state index contributed by atoms with van der Waals surface area (Å²) < 4.78 is 11.5. The van der Waals surface area contributed by atoms with Crippen LogP contribution in [0.1, 0.15) is 42.5 Å². The van der Waals surface area contributed by atoms with E-state index in [9.17, 15) is 24.6 Å². The molecule has 0 saturated heterocycles. The second kappa shape index (κ2) is 7.81. The SMILES string of the molecule is CCOC(=O)/C=C/c1ccc2nc3c(cc2c1O)Cn1c-3cc2c(c1=O)COC(=O)[C@]2(O)CC. The van der Waals surface area contributed by atoms with Crippen LogP contribution in [0.15, 0.2) is 35.1 Å². The van der Waals surface area contributed by atoms with Crippen molar-refractivity contribution in [2.24, 2.45) is 0 Å². The highest BCUT2D eigenvalue weighted by Crippen LogP contribution is 2.40. The third kappa shape index (κ3) is 3.12. The lowest BCUT2D eigenvalue weighted by molar-refractivity contribution is -0.172. The van der Waals surface area contributed by atoms with E-state index in [4.69, 9.17) is 9.47 Å². The number of fused-ring (bicyclic) bond motifs is 5. The average Bonchev–Trinajstić information content (AvgIpc) is 3.18. The highest BCUT2D eigenvalue weighted by molar-refractivity contribution is 5.94. The van der Waals surface area contributed by atoms with Gasteiger partial charge in [-0.3, -0.25) is 4.79 Å². The van der Waals surface area contributed by atoms with Gasteiger partial charge >= 0.3 is 11.9 Å². The van der Waals surface area contributed by atoms with Crippen LogP contribution in [0.2, 0.25) is 0 Å². The quantitative estimate of drug-likeness (QED) is 0.349. The molecule has 2 aromatic heterocycles. The van der Waals surface area contributed by atoms with Gasteiger partial charge in [-0.15, -0.1) is 0 Å². The molecule has 34 heavy (non-hydrogen) atoms. The molecule has 0 saturated carbocycles. The van der Waals surface area contributed by atoms with Crippen molar-refractivity contribution in [3.8, 4) is 17.1 Å².